The highest BCUT2D eigenvalue weighted by molar-refractivity contribution is 6.23. The Labute approximate surface area is 171 Å². The second kappa shape index (κ2) is 6.59. The summed E-state index contributed by atoms with van der Waals surface area (Å²) in [5, 5.41) is 3.24. The monoisotopic (exact) mass is 401 g/mol. The zero-order chi connectivity index (χ0) is 21.0. The predicted molar refractivity (Wildman–Crippen MR) is 113 cm³/mol. The highest BCUT2D eigenvalue weighted by Crippen LogP contribution is 2.49. The average Bonchev–Trinajstić information content (AvgIpc) is 3.05. The molecule has 5 rings (SSSR count). The number of carbonyl (C=O) groups is 1. The molecule has 150 valence electrons. The van der Waals surface area contributed by atoms with Gasteiger partial charge >= 0.3 is 5.69 Å². The lowest BCUT2D eigenvalue weighted by atomic mass is 9.81. The summed E-state index contributed by atoms with van der Waals surface area (Å²) in [6.07, 6.45) is 0. The molecule has 0 saturated carbocycles. The van der Waals surface area contributed by atoms with Crippen LogP contribution in [0.5, 0.6) is 5.75 Å². The zero-order valence-electron chi connectivity index (χ0n) is 16.5. The molecule has 0 bridgehead atoms. The standard InChI is InChI=1S/C23H19N3O4/c1-3-26-21-18(22(28)25-23(26)29)16(14-10-6-7-11-15(14)30-2)17-19(24-21)12-8-4-5-9-13(12)20(17)27/h4-11,16,24H,3H2,1-2H3,(H,25,28,29)/t16-/m0/s1. The van der Waals surface area contributed by atoms with Crippen LogP contribution < -0.4 is 21.3 Å². The van der Waals surface area contributed by atoms with Crippen molar-refractivity contribution in [1.82, 2.24) is 9.55 Å². The van der Waals surface area contributed by atoms with Crippen LogP contribution in [0.2, 0.25) is 0 Å². The first-order chi connectivity index (χ1) is 14.6. The number of H-pyrrole nitrogens is 1. The molecule has 0 radical (unpaired) electrons. The van der Waals surface area contributed by atoms with Crippen molar-refractivity contribution in [2.24, 2.45) is 0 Å². The molecule has 2 aromatic carbocycles. The SMILES string of the molecule is CCn1c2c(c(=O)[nH]c1=O)[C@@H](c1ccccc1OC)C1=C(N2)c2ccccc2C1=O. The number of benzene rings is 2. The van der Waals surface area contributed by atoms with Crippen LogP contribution in [0.25, 0.3) is 5.70 Å². The maximum absolute atomic E-state index is 13.4. The number of Topliss-reactive ketones (excluding diaryl/α,β-unsaturated/α-hetero) is 1. The Morgan fingerprint density at radius 2 is 1.70 bits per heavy atom. The van der Waals surface area contributed by atoms with Crippen molar-refractivity contribution >= 4 is 17.3 Å². The predicted octanol–water partition coefficient (Wildman–Crippen LogP) is 2.73. The summed E-state index contributed by atoms with van der Waals surface area (Å²) in [7, 11) is 1.55. The van der Waals surface area contributed by atoms with Crippen LogP contribution in [-0.2, 0) is 6.54 Å². The van der Waals surface area contributed by atoms with Crippen molar-refractivity contribution in [3.05, 3.63) is 97.2 Å². The number of hydrogen-bond donors (Lipinski definition) is 2. The van der Waals surface area contributed by atoms with Crippen molar-refractivity contribution in [2.75, 3.05) is 12.4 Å². The molecule has 1 aliphatic heterocycles. The molecule has 1 atom stereocenters. The minimum atomic E-state index is -0.672. The minimum Gasteiger partial charge on any atom is -0.496 e. The molecule has 0 saturated heterocycles. The molecule has 0 fully saturated rings. The van der Waals surface area contributed by atoms with E-state index in [0.717, 1.165) is 5.56 Å². The second-order valence-electron chi connectivity index (χ2n) is 7.23. The van der Waals surface area contributed by atoms with E-state index in [1.807, 2.05) is 43.3 Å². The maximum Gasteiger partial charge on any atom is 0.329 e. The number of aromatic nitrogens is 2. The van der Waals surface area contributed by atoms with E-state index in [9.17, 15) is 14.4 Å². The summed E-state index contributed by atoms with van der Waals surface area (Å²) >= 11 is 0. The van der Waals surface area contributed by atoms with Crippen molar-refractivity contribution in [1.29, 1.82) is 0 Å². The Bertz CT molecular complexity index is 1360. The van der Waals surface area contributed by atoms with E-state index in [1.54, 1.807) is 19.2 Å². The number of rotatable bonds is 3. The first kappa shape index (κ1) is 18.2. The number of hydrogen-bond acceptors (Lipinski definition) is 5. The number of carbonyl (C=O) groups excluding carboxylic acids is 1. The number of fused-ring (bicyclic) bond motifs is 3. The van der Waals surface area contributed by atoms with Crippen molar-refractivity contribution in [3.63, 3.8) is 0 Å². The van der Waals surface area contributed by atoms with Gasteiger partial charge in [-0.2, -0.15) is 0 Å². The van der Waals surface area contributed by atoms with E-state index in [1.165, 1.54) is 4.57 Å². The fourth-order valence-electron chi connectivity index (χ4n) is 4.48. The average molecular weight is 401 g/mol. The molecule has 3 aromatic rings. The van der Waals surface area contributed by atoms with Crippen LogP contribution in [0, 0.1) is 0 Å². The van der Waals surface area contributed by atoms with E-state index in [-0.39, 0.29) is 5.78 Å². The highest BCUT2D eigenvalue weighted by Gasteiger charge is 2.43. The second-order valence-corrected chi connectivity index (χ2v) is 7.23. The lowest BCUT2D eigenvalue weighted by molar-refractivity contribution is 0.103. The molecule has 7 heteroatoms. The van der Waals surface area contributed by atoms with Gasteiger partial charge in [0, 0.05) is 28.8 Å². The van der Waals surface area contributed by atoms with Gasteiger partial charge < -0.3 is 10.1 Å². The van der Waals surface area contributed by atoms with Gasteiger partial charge in [0.2, 0.25) is 0 Å². The van der Waals surface area contributed by atoms with Crippen LogP contribution in [0.3, 0.4) is 0 Å². The summed E-state index contributed by atoms with van der Waals surface area (Å²) < 4.78 is 7.04. The van der Waals surface area contributed by atoms with Crippen LogP contribution in [0.4, 0.5) is 5.82 Å². The summed E-state index contributed by atoms with van der Waals surface area (Å²) in [6, 6.07) is 14.6. The Morgan fingerprint density at radius 1 is 1.00 bits per heavy atom. The summed E-state index contributed by atoms with van der Waals surface area (Å²) in [5.41, 5.74) is 2.48. The van der Waals surface area contributed by atoms with Crippen LogP contribution >= 0.6 is 0 Å². The van der Waals surface area contributed by atoms with E-state index >= 15 is 0 Å². The normalized spacial score (nSPS) is 16.6. The largest absolute Gasteiger partial charge is 0.496 e. The van der Waals surface area contributed by atoms with E-state index < -0.39 is 17.2 Å². The third-order valence-corrected chi connectivity index (χ3v) is 5.78. The van der Waals surface area contributed by atoms with Gasteiger partial charge in [0.25, 0.3) is 5.56 Å². The molecule has 1 aliphatic carbocycles. The molecule has 2 heterocycles. The van der Waals surface area contributed by atoms with Crippen LogP contribution in [0.15, 0.2) is 63.7 Å². The highest BCUT2D eigenvalue weighted by atomic mass is 16.5. The van der Waals surface area contributed by atoms with Crippen molar-refractivity contribution < 1.29 is 9.53 Å². The van der Waals surface area contributed by atoms with Gasteiger partial charge in [-0.25, -0.2) is 4.79 Å². The zero-order valence-corrected chi connectivity index (χ0v) is 16.5. The number of para-hydroxylation sites is 1. The van der Waals surface area contributed by atoms with Crippen molar-refractivity contribution in [3.8, 4) is 5.75 Å². The van der Waals surface area contributed by atoms with Gasteiger partial charge in [-0.15, -0.1) is 0 Å². The molecular weight excluding hydrogens is 382 g/mol. The number of nitrogens with zero attached hydrogens (tertiary/aromatic N) is 1. The van der Waals surface area contributed by atoms with Gasteiger partial charge in [0.1, 0.15) is 11.6 Å². The first-order valence-electron chi connectivity index (χ1n) is 9.72. The fraction of sp³-hybridized carbons (Fsp3) is 0.174. The fourth-order valence-corrected chi connectivity index (χ4v) is 4.48. The van der Waals surface area contributed by atoms with Gasteiger partial charge in [0.15, 0.2) is 5.78 Å². The Hall–Kier alpha value is -3.87. The Kier molecular flexibility index (Phi) is 3.99. The molecule has 0 spiro atoms. The molecule has 1 aromatic heterocycles. The van der Waals surface area contributed by atoms with E-state index in [0.29, 0.717) is 46.1 Å². The summed E-state index contributed by atoms with van der Waals surface area (Å²) in [4.78, 5) is 41.3. The third-order valence-electron chi connectivity index (χ3n) is 5.78. The molecule has 2 N–H and O–H groups in total. The first-order valence-corrected chi connectivity index (χ1v) is 9.72. The minimum absolute atomic E-state index is 0.136. The number of allylic oxidation sites excluding steroid dienone is 1. The number of anilines is 1. The van der Waals surface area contributed by atoms with Gasteiger partial charge in [-0.1, -0.05) is 42.5 Å². The van der Waals surface area contributed by atoms with E-state index in [2.05, 4.69) is 10.3 Å². The Morgan fingerprint density at radius 3 is 2.43 bits per heavy atom. The summed E-state index contributed by atoms with van der Waals surface area (Å²) in [5.74, 6) is 0.169. The number of methoxy groups -OCH3 is 1. The van der Waals surface area contributed by atoms with E-state index in [4.69, 9.17) is 4.74 Å². The van der Waals surface area contributed by atoms with Gasteiger partial charge in [-0.3, -0.25) is 19.1 Å². The topological polar surface area (TPSA) is 93.2 Å². The number of ether oxygens (including phenoxy) is 1. The van der Waals surface area contributed by atoms with Gasteiger partial charge in [-0.05, 0) is 13.0 Å². The number of ketones is 1. The quantitative estimate of drug-likeness (QED) is 0.704. The lowest BCUT2D eigenvalue weighted by Gasteiger charge is -2.30. The smallest absolute Gasteiger partial charge is 0.329 e. The molecule has 30 heavy (non-hydrogen) atoms. The molecule has 2 aliphatic rings. The number of nitrogens with one attached hydrogen (secondary N) is 2. The lowest BCUT2D eigenvalue weighted by Crippen LogP contribution is -2.38. The molecule has 7 nitrogen and oxygen atoms in total. The number of aromatic amines is 1. The van der Waals surface area contributed by atoms with Crippen molar-refractivity contribution in [2.45, 2.75) is 19.4 Å². The van der Waals surface area contributed by atoms with Crippen LogP contribution in [-0.4, -0.2) is 22.4 Å². The molecular formula is C23H19N3O4. The molecule has 0 unspecified atom stereocenters. The maximum atomic E-state index is 13.4. The van der Waals surface area contributed by atoms with Gasteiger partial charge in [0.05, 0.1) is 24.3 Å². The van der Waals surface area contributed by atoms with Crippen LogP contribution in [0.1, 0.15) is 39.9 Å². The molecule has 0 amide bonds. The third kappa shape index (κ3) is 2.35. The Balaban J connectivity index is 1.90. The summed E-state index contributed by atoms with van der Waals surface area (Å²) in [6.45, 7) is 2.19.